The van der Waals surface area contributed by atoms with E-state index in [0.717, 1.165) is 24.0 Å². The Balaban J connectivity index is 2.03. The van der Waals surface area contributed by atoms with Gasteiger partial charge in [-0.25, -0.2) is 0 Å². The van der Waals surface area contributed by atoms with E-state index in [1.54, 1.807) is 12.1 Å². The topological polar surface area (TPSA) is 78.5 Å². The minimum absolute atomic E-state index is 0.237. The molecule has 0 aliphatic rings. The molecule has 1 aromatic heterocycles. The first kappa shape index (κ1) is 27.1. The van der Waals surface area contributed by atoms with E-state index < -0.39 is 11.6 Å². The van der Waals surface area contributed by atoms with Crippen molar-refractivity contribution in [2.75, 3.05) is 11.4 Å². The molecule has 0 spiro atoms. The number of hydrogen-bond donors (Lipinski definition) is 2. The minimum atomic E-state index is -0.907. The maximum Gasteiger partial charge on any atom is 0.261 e. The number of carbonyl (C=O) groups excluding carboxylic acids is 3. The Kier molecular flexibility index (Phi) is 9.04. The normalized spacial score (nSPS) is 12.0. The Hall–Kier alpha value is -3.45. The van der Waals surface area contributed by atoms with E-state index in [4.69, 9.17) is 0 Å². The number of nitrogens with one attached hydrogen (secondary N) is 2. The molecule has 0 aliphatic carbocycles. The van der Waals surface area contributed by atoms with Gasteiger partial charge in [0.25, 0.3) is 5.91 Å². The van der Waals surface area contributed by atoms with E-state index >= 15 is 0 Å². The summed E-state index contributed by atoms with van der Waals surface area (Å²) < 4.78 is 0. The second-order valence-electron chi connectivity index (χ2n) is 9.48. The van der Waals surface area contributed by atoms with E-state index in [-0.39, 0.29) is 24.3 Å². The minimum Gasteiger partial charge on any atom is -0.349 e. The number of benzene rings is 2. The monoisotopic (exact) mass is 505 g/mol. The van der Waals surface area contributed by atoms with Gasteiger partial charge in [0.1, 0.15) is 6.04 Å². The molecule has 3 rings (SSSR count). The fraction of sp³-hybridized carbons (Fsp3) is 0.345. The van der Waals surface area contributed by atoms with Gasteiger partial charge in [0, 0.05) is 11.2 Å². The van der Waals surface area contributed by atoms with Crippen LogP contribution in [0, 0.1) is 6.92 Å². The Labute approximate surface area is 217 Å². The van der Waals surface area contributed by atoms with Gasteiger partial charge in [-0.2, -0.15) is 0 Å². The standard InChI is InChI=1S/C29H35N3O3S/c1-6-21-12-16-23(17-13-21)32(25(33)19-30-27(34)24-9-8-18-36-24)26(22-14-10-20(3)11-15-22)28(35)31-29(4,5)7-2/h8-18,26H,6-7,19H2,1-5H3,(H,30,34)(H,31,35)/t26-/m0/s1. The van der Waals surface area contributed by atoms with E-state index in [1.165, 1.54) is 16.2 Å². The smallest absolute Gasteiger partial charge is 0.261 e. The first-order chi connectivity index (χ1) is 17.1. The summed E-state index contributed by atoms with van der Waals surface area (Å²) >= 11 is 1.31. The maximum atomic E-state index is 13.8. The SMILES string of the molecule is CCc1ccc(N(C(=O)CNC(=O)c2cccs2)[C@H](C(=O)NC(C)(C)CC)c2ccc(C)cc2)cc1. The summed E-state index contributed by atoms with van der Waals surface area (Å²) in [4.78, 5) is 42.1. The van der Waals surface area contributed by atoms with Crippen LogP contribution in [0.15, 0.2) is 66.0 Å². The number of rotatable bonds is 10. The van der Waals surface area contributed by atoms with E-state index in [2.05, 4.69) is 17.6 Å². The molecule has 190 valence electrons. The zero-order chi connectivity index (χ0) is 26.3. The van der Waals surface area contributed by atoms with E-state index in [9.17, 15) is 14.4 Å². The van der Waals surface area contributed by atoms with Crippen LogP contribution in [0.2, 0.25) is 0 Å². The molecule has 2 aromatic carbocycles. The van der Waals surface area contributed by atoms with Crippen LogP contribution in [-0.4, -0.2) is 29.8 Å². The quantitative estimate of drug-likeness (QED) is 0.386. The van der Waals surface area contributed by atoms with Crippen molar-refractivity contribution in [2.24, 2.45) is 0 Å². The highest BCUT2D eigenvalue weighted by Gasteiger charge is 2.35. The second-order valence-corrected chi connectivity index (χ2v) is 10.4. The van der Waals surface area contributed by atoms with Gasteiger partial charge in [-0.3, -0.25) is 19.3 Å². The molecule has 0 unspecified atom stereocenters. The van der Waals surface area contributed by atoms with Crippen LogP contribution in [0.1, 0.15) is 66.5 Å². The average Bonchev–Trinajstić information content (AvgIpc) is 3.41. The van der Waals surface area contributed by atoms with Crippen LogP contribution >= 0.6 is 11.3 Å². The van der Waals surface area contributed by atoms with Gasteiger partial charge < -0.3 is 10.6 Å². The molecule has 0 bridgehead atoms. The predicted octanol–water partition coefficient (Wildman–Crippen LogP) is 5.43. The highest BCUT2D eigenvalue weighted by molar-refractivity contribution is 7.12. The van der Waals surface area contributed by atoms with Crippen LogP contribution in [0.5, 0.6) is 0 Å². The zero-order valence-corrected chi connectivity index (χ0v) is 22.4. The van der Waals surface area contributed by atoms with Gasteiger partial charge in [0.05, 0.1) is 11.4 Å². The first-order valence-electron chi connectivity index (χ1n) is 12.3. The summed E-state index contributed by atoms with van der Waals surface area (Å²) in [5.41, 5.74) is 3.02. The van der Waals surface area contributed by atoms with Gasteiger partial charge in [-0.05, 0) is 68.3 Å². The molecule has 3 amide bonds. The lowest BCUT2D eigenvalue weighted by Crippen LogP contribution is -2.52. The van der Waals surface area contributed by atoms with Gasteiger partial charge >= 0.3 is 0 Å². The molecule has 0 aliphatic heterocycles. The number of amides is 3. The number of hydrogen-bond acceptors (Lipinski definition) is 4. The lowest BCUT2D eigenvalue weighted by molar-refractivity contribution is -0.127. The average molecular weight is 506 g/mol. The van der Waals surface area contributed by atoms with Crippen molar-refractivity contribution in [3.8, 4) is 0 Å². The van der Waals surface area contributed by atoms with Gasteiger partial charge in [0.2, 0.25) is 11.8 Å². The van der Waals surface area contributed by atoms with Crippen molar-refractivity contribution in [1.29, 1.82) is 0 Å². The molecular weight excluding hydrogens is 470 g/mol. The van der Waals surface area contributed by atoms with Crippen LogP contribution in [0.3, 0.4) is 0 Å². The van der Waals surface area contributed by atoms with Gasteiger partial charge in [-0.15, -0.1) is 11.3 Å². The van der Waals surface area contributed by atoms with E-state index in [1.807, 2.05) is 81.6 Å². The van der Waals surface area contributed by atoms with Gasteiger partial charge in [0.15, 0.2) is 0 Å². The van der Waals surface area contributed by atoms with Crippen LogP contribution < -0.4 is 15.5 Å². The Bertz CT molecular complexity index is 1170. The van der Waals surface area contributed by atoms with Crippen LogP contribution in [-0.2, 0) is 16.0 Å². The molecule has 0 saturated heterocycles. The number of thiophene rings is 1. The molecular formula is C29H35N3O3S. The highest BCUT2D eigenvalue weighted by Crippen LogP contribution is 2.30. The molecule has 36 heavy (non-hydrogen) atoms. The maximum absolute atomic E-state index is 13.8. The van der Waals surface area contributed by atoms with Crippen LogP contribution in [0.4, 0.5) is 5.69 Å². The van der Waals surface area contributed by atoms with Crippen molar-refractivity contribution in [2.45, 2.75) is 59.0 Å². The number of carbonyl (C=O) groups is 3. The summed E-state index contributed by atoms with van der Waals surface area (Å²) in [5, 5.41) is 7.65. The largest absolute Gasteiger partial charge is 0.349 e. The van der Waals surface area contributed by atoms with Crippen molar-refractivity contribution in [3.63, 3.8) is 0 Å². The number of aryl methyl sites for hydroxylation is 2. The summed E-state index contributed by atoms with van der Waals surface area (Å²) in [6.45, 7) is 9.73. The first-order valence-corrected chi connectivity index (χ1v) is 13.1. The lowest BCUT2D eigenvalue weighted by Gasteiger charge is -2.35. The molecule has 6 nitrogen and oxygen atoms in total. The molecule has 1 heterocycles. The molecule has 0 saturated carbocycles. The number of anilines is 1. The molecule has 0 radical (unpaired) electrons. The van der Waals surface area contributed by atoms with Crippen LogP contribution in [0.25, 0.3) is 0 Å². The molecule has 0 fully saturated rings. The fourth-order valence-corrected chi connectivity index (χ4v) is 4.36. The fourth-order valence-electron chi connectivity index (χ4n) is 3.72. The Morgan fingerprint density at radius 2 is 1.64 bits per heavy atom. The molecule has 3 aromatic rings. The third-order valence-corrected chi connectivity index (χ3v) is 7.15. The predicted molar refractivity (Wildman–Crippen MR) is 146 cm³/mol. The summed E-state index contributed by atoms with van der Waals surface area (Å²) in [6.07, 6.45) is 1.59. The lowest BCUT2D eigenvalue weighted by atomic mass is 9.97. The Morgan fingerprint density at radius 1 is 0.972 bits per heavy atom. The molecule has 1 atom stereocenters. The molecule has 2 N–H and O–H groups in total. The van der Waals surface area contributed by atoms with Gasteiger partial charge in [-0.1, -0.05) is 61.9 Å². The zero-order valence-electron chi connectivity index (χ0n) is 21.6. The summed E-state index contributed by atoms with van der Waals surface area (Å²) in [6, 6.07) is 17.8. The third-order valence-electron chi connectivity index (χ3n) is 6.28. The summed E-state index contributed by atoms with van der Waals surface area (Å²) in [5.74, 6) is -0.967. The Morgan fingerprint density at radius 3 is 2.19 bits per heavy atom. The third kappa shape index (κ3) is 6.82. The van der Waals surface area contributed by atoms with Crippen molar-refractivity contribution in [1.82, 2.24) is 10.6 Å². The summed E-state index contributed by atoms with van der Waals surface area (Å²) in [7, 11) is 0. The second kappa shape index (κ2) is 12.0. The number of nitrogens with zero attached hydrogens (tertiary/aromatic N) is 1. The highest BCUT2D eigenvalue weighted by atomic mass is 32.1. The molecule has 7 heteroatoms. The van der Waals surface area contributed by atoms with Crippen molar-refractivity contribution >= 4 is 34.7 Å². The van der Waals surface area contributed by atoms with Crippen molar-refractivity contribution < 1.29 is 14.4 Å². The van der Waals surface area contributed by atoms with Crippen molar-refractivity contribution in [3.05, 3.63) is 87.6 Å². The van der Waals surface area contributed by atoms with E-state index in [0.29, 0.717) is 16.1 Å².